The van der Waals surface area contributed by atoms with Gasteiger partial charge < -0.3 is 4.12 Å². The number of hydrogen-bond acceptors (Lipinski definition) is 1. The van der Waals surface area contributed by atoms with Gasteiger partial charge in [0.15, 0.2) is 8.32 Å². The van der Waals surface area contributed by atoms with Gasteiger partial charge in [-0.3, -0.25) is 0 Å². The van der Waals surface area contributed by atoms with Crippen LogP contribution in [0.15, 0.2) is 66.2 Å². The summed E-state index contributed by atoms with van der Waals surface area (Å²) in [6, 6.07) is 22.3. The fraction of sp³-hybridized carbons (Fsp3) is 0.484. The van der Waals surface area contributed by atoms with Crippen LogP contribution in [0.4, 0.5) is 0 Å². The minimum atomic E-state index is -2.75. The second-order valence-electron chi connectivity index (χ2n) is 14.1. The van der Waals surface area contributed by atoms with Gasteiger partial charge in [-0.1, -0.05) is 101 Å². The van der Waals surface area contributed by atoms with Crippen molar-refractivity contribution in [1.82, 2.24) is 0 Å². The molecule has 1 nitrogen and oxygen atoms in total. The molecule has 4 heteroatoms. The van der Waals surface area contributed by atoms with Gasteiger partial charge in [-0.2, -0.15) is 0 Å². The zero-order chi connectivity index (χ0) is 26.5. The molecule has 0 N–H and O–H groups in total. The number of benzene rings is 2. The first kappa shape index (κ1) is 27.9. The van der Waals surface area contributed by atoms with Crippen molar-refractivity contribution in [3.63, 3.8) is 0 Å². The van der Waals surface area contributed by atoms with Crippen molar-refractivity contribution in [3.8, 4) is 11.5 Å². The van der Waals surface area contributed by atoms with Gasteiger partial charge in [-0.25, -0.2) is 0 Å². The van der Waals surface area contributed by atoms with E-state index in [1.807, 2.05) is 0 Å². The van der Waals surface area contributed by atoms with Crippen molar-refractivity contribution in [2.45, 2.75) is 85.9 Å². The molecular weight excluding hydrogens is 473 g/mol. The highest BCUT2D eigenvalue weighted by Gasteiger charge is 2.75. The Labute approximate surface area is 218 Å². The van der Waals surface area contributed by atoms with Gasteiger partial charge in [0, 0.05) is 5.41 Å². The second-order valence-corrected chi connectivity index (χ2v) is 32.6. The van der Waals surface area contributed by atoms with Crippen LogP contribution in [-0.4, -0.2) is 23.7 Å². The summed E-state index contributed by atoms with van der Waals surface area (Å²) in [6.45, 7) is 28.5. The average molecular weight is 519 g/mol. The van der Waals surface area contributed by atoms with E-state index in [0.717, 1.165) is 0 Å². The maximum Gasteiger partial charge on any atom is 0.263 e. The number of allylic oxidation sites excluding steroid dienone is 2. The summed E-state index contributed by atoms with van der Waals surface area (Å²) in [5.41, 5.74) is 9.74. The Morgan fingerprint density at radius 3 is 1.60 bits per heavy atom. The van der Waals surface area contributed by atoms with E-state index >= 15 is 0 Å². The summed E-state index contributed by atoms with van der Waals surface area (Å²) in [6.07, 6.45) is 0. The van der Waals surface area contributed by atoms with Gasteiger partial charge >= 0.3 is 0 Å². The molecule has 0 bridgehead atoms. The molecule has 2 atom stereocenters. The Hall–Kier alpha value is -1.65. The predicted molar refractivity (Wildman–Crippen MR) is 162 cm³/mol. The van der Waals surface area contributed by atoms with E-state index in [2.05, 4.69) is 153 Å². The summed E-state index contributed by atoms with van der Waals surface area (Å²) in [5.74, 6) is 3.77. The summed E-state index contributed by atoms with van der Waals surface area (Å²) in [7, 11) is -6.67. The third-order valence-electron chi connectivity index (χ3n) is 6.61. The van der Waals surface area contributed by atoms with Crippen molar-refractivity contribution in [2.75, 3.05) is 0 Å². The van der Waals surface area contributed by atoms with Crippen LogP contribution in [-0.2, 0) is 9.15 Å². The molecule has 35 heavy (non-hydrogen) atoms. The van der Waals surface area contributed by atoms with E-state index in [-0.39, 0.29) is 15.9 Å². The monoisotopic (exact) mass is 518 g/mol. The Kier molecular flexibility index (Phi) is 7.20. The summed E-state index contributed by atoms with van der Waals surface area (Å²) < 4.78 is 7.67. The summed E-state index contributed by atoms with van der Waals surface area (Å²) in [5, 5.41) is -0.239. The first-order chi connectivity index (χ1) is 15.9. The second kappa shape index (κ2) is 9.03. The van der Waals surface area contributed by atoms with Gasteiger partial charge in [0.05, 0.1) is 12.6 Å². The predicted octanol–water partition coefficient (Wildman–Crippen LogP) is 8.78. The van der Waals surface area contributed by atoms with Crippen LogP contribution in [0.3, 0.4) is 0 Å². The molecule has 0 aromatic heterocycles. The Morgan fingerprint density at radius 1 is 0.714 bits per heavy atom. The van der Waals surface area contributed by atoms with Gasteiger partial charge in [-0.05, 0) is 68.1 Å². The molecule has 3 rings (SSSR count). The highest BCUT2D eigenvalue weighted by atomic mass is 29.3. The molecule has 2 aromatic rings. The molecule has 0 radical (unpaired) electrons. The van der Waals surface area contributed by atoms with Crippen LogP contribution < -0.4 is 0 Å². The smallest absolute Gasteiger partial charge is 0.263 e. The van der Waals surface area contributed by atoms with E-state index in [9.17, 15) is 0 Å². The van der Waals surface area contributed by atoms with Crippen molar-refractivity contribution in [2.24, 2.45) is 10.8 Å². The molecule has 2 unspecified atom stereocenters. The van der Waals surface area contributed by atoms with E-state index < -0.39 is 23.7 Å². The fourth-order valence-electron chi connectivity index (χ4n) is 5.55. The van der Waals surface area contributed by atoms with E-state index in [1.165, 1.54) is 22.3 Å². The maximum atomic E-state index is 7.67. The highest BCUT2D eigenvalue weighted by Crippen LogP contribution is 2.70. The highest BCUT2D eigenvalue weighted by molar-refractivity contribution is 7.44. The summed E-state index contributed by atoms with van der Waals surface area (Å²) >= 11 is 0. The molecule has 1 aliphatic rings. The normalized spacial score (nSPS) is 20.7. The molecule has 0 saturated heterocycles. The van der Waals surface area contributed by atoms with Crippen LogP contribution in [0, 0.1) is 22.3 Å². The van der Waals surface area contributed by atoms with Gasteiger partial charge in [0.2, 0.25) is 0 Å². The standard InChI is InChI=1S/C31H46OSi3/c1-29(2,3)23-24-35(34(10,11)12,32-33(7,8)9)31(26-21-17-14-18-22-26)27(28(31)30(4,5)6)25-19-15-13-16-20-25/h13-22H,1-12H3. The molecule has 0 saturated carbocycles. The van der Waals surface area contributed by atoms with Crippen LogP contribution in [0.25, 0.3) is 5.57 Å². The molecule has 0 aliphatic heterocycles. The first-order valence-corrected chi connectivity index (χ1v) is 22.8. The zero-order valence-electron chi connectivity index (χ0n) is 24.2. The average Bonchev–Trinajstić information content (AvgIpc) is 3.43. The van der Waals surface area contributed by atoms with Gasteiger partial charge in [-0.15, -0.1) is 11.5 Å². The van der Waals surface area contributed by atoms with Crippen LogP contribution in [0.5, 0.6) is 0 Å². The molecular formula is C31H46OSi3. The lowest BCUT2D eigenvalue weighted by Gasteiger charge is -2.50. The molecule has 1 aliphatic carbocycles. The lowest BCUT2D eigenvalue weighted by atomic mass is 9.88. The molecule has 0 amide bonds. The minimum Gasteiger partial charge on any atom is -0.448 e. The third-order valence-corrected chi connectivity index (χ3v) is 23.5. The van der Waals surface area contributed by atoms with Gasteiger partial charge in [0.1, 0.15) is 0 Å². The molecule has 0 heterocycles. The molecule has 2 aromatic carbocycles. The Bertz CT molecular complexity index is 1140. The zero-order valence-corrected chi connectivity index (χ0v) is 27.2. The van der Waals surface area contributed by atoms with Crippen molar-refractivity contribution >= 4 is 29.3 Å². The van der Waals surface area contributed by atoms with Crippen molar-refractivity contribution in [1.29, 1.82) is 0 Å². The van der Waals surface area contributed by atoms with E-state index in [0.29, 0.717) is 0 Å². The van der Waals surface area contributed by atoms with Crippen molar-refractivity contribution < 1.29 is 4.12 Å². The topological polar surface area (TPSA) is 9.23 Å². The SMILES string of the molecule is CC(C)(C)C#C[Si](O[Si](C)(C)C)(C1(c2ccccc2)C(c2ccccc2)=C1C(C)(C)C)[Si](C)(C)C. The largest absolute Gasteiger partial charge is 0.448 e. The molecule has 0 fully saturated rings. The summed E-state index contributed by atoms with van der Waals surface area (Å²) in [4.78, 5) is 0. The quantitative estimate of drug-likeness (QED) is 0.274. The molecule has 188 valence electrons. The van der Waals surface area contributed by atoms with Gasteiger partial charge in [0.25, 0.3) is 7.83 Å². The van der Waals surface area contributed by atoms with Crippen molar-refractivity contribution in [3.05, 3.63) is 77.4 Å². The van der Waals surface area contributed by atoms with Crippen LogP contribution in [0.1, 0.15) is 52.7 Å². The maximum absolute atomic E-state index is 7.67. The molecule has 0 spiro atoms. The van der Waals surface area contributed by atoms with E-state index in [1.54, 1.807) is 0 Å². The first-order valence-electron chi connectivity index (χ1n) is 13.0. The van der Waals surface area contributed by atoms with Crippen LogP contribution in [0.2, 0.25) is 39.3 Å². The third kappa shape index (κ3) is 5.25. The van der Waals surface area contributed by atoms with Crippen LogP contribution >= 0.6 is 0 Å². The lowest BCUT2D eigenvalue weighted by molar-refractivity contribution is 0.483. The fourth-order valence-corrected chi connectivity index (χ4v) is 26.9. The Balaban J connectivity index is 2.55. The minimum absolute atomic E-state index is 0.00509. The number of hydrogen-bond donors (Lipinski definition) is 0. The lowest BCUT2D eigenvalue weighted by Crippen LogP contribution is -2.71. The number of rotatable bonds is 6. The van der Waals surface area contributed by atoms with E-state index in [4.69, 9.17) is 4.12 Å². The Morgan fingerprint density at radius 2 is 1.20 bits per heavy atom.